The van der Waals surface area contributed by atoms with Crippen LogP contribution in [-0.4, -0.2) is 75.2 Å². The summed E-state index contributed by atoms with van der Waals surface area (Å²) in [5, 5.41) is 3.67. The van der Waals surface area contributed by atoms with Gasteiger partial charge in [-0.15, -0.1) is 0 Å². The van der Waals surface area contributed by atoms with Crippen LogP contribution in [0.2, 0.25) is 0 Å². The number of nitrogens with zero attached hydrogens (tertiary/aromatic N) is 5. The number of carbonyl (C=O) groups excluding carboxylic acids is 1. The van der Waals surface area contributed by atoms with Crippen LogP contribution in [0.3, 0.4) is 0 Å². The third kappa shape index (κ3) is 4.73. The van der Waals surface area contributed by atoms with Gasteiger partial charge in [0.1, 0.15) is 0 Å². The minimum Gasteiger partial charge on any atom is -0.339 e. The first-order valence-electron chi connectivity index (χ1n) is 12.3. The number of benzene rings is 1. The second kappa shape index (κ2) is 9.34. The first kappa shape index (κ1) is 23.4. The zero-order valence-corrected chi connectivity index (χ0v) is 19.6. The maximum Gasteiger partial charge on any atom is 0.435 e. The highest BCUT2D eigenvalue weighted by Crippen LogP contribution is 2.30. The standard InChI is InChI=1S/C25H32F3N5O/c1-2-20-4-3-5-22-16-31(12-13-32(20)22)24(34)17-30-10-8-18-14-21(7-6-19(18)15-30)33-11-9-23(29-33)25(26,27)28/h6-7,9,11,14,20,22H,2-5,8,10,12-13,15-17H2,1H3. The van der Waals surface area contributed by atoms with Gasteiger partial charge < -0.3 is 4.90 Å². The molecule has 0 aliphatic carbocycles. The molecule has 34 heavy (non-hydrogen) atoms. The Labute approximate surface area is 198 Å². The summed E-state index contributed by atoms with van der Waals surface area (Å²) in [5.41, 5.74) is 1.95. The van der Waals surface area contributed by atoms with Crippen LogP contribution in [0.4, 0.5) is 13.2 Å². The maximum atomic E-state index is 13.1. The Morgan fingerprint density at radius 2 is 1.97 bits per heavy atom. The molecule has 6 nitrogen and oxygen atoms in total. The molecule has 3 aliphatic rings. The van der Waals surface area contributed by atoms with E-state index in [1.165, 1.54) is 36.6 Å². The minimum absolute atomic E-state index is 0.203. The topological polar surface area (TPSA) is 44.6 Å². The molecule has 1 aromatic carbocycles. The average molecular weight is 476 g/mol. The second-order valence-electron chi connectivity index (χ2n) is 9.78. The number of halogens is 3. The molecule has 0 N–H and O–H groups in total. The Balaban J connectivity index is 1.19. The van der Waals surface area contributed by atoms with Crippen molar-refractivity contribution in [2.24, 2.45) is 0 Å². The van der Waals surface area contributed by atoms with Gasteiger partial charge in [-0.3, -0.25) is 14.6 Å². The van der Waals surface area contributed by atoms with Crippen molar-refractivity contribution in [3.63, 3.8) is 0 Å². The number of hydrogen-bond acceptors (Lipinski definition) is 4. The van der Waals surface area contributed by atoms with E-state index in [4.69, 9.17) is 0 Å². The molecule has 184 valence electrons. The average Bonchev–Trinajstić information content (AvgIpc) is 3.34. The summed E-state index contributed by atoms with van der Waals surface area (Å²) in [7, 11) is 0. The van der Waals surface area contributed by atoms with Crippen LogP contribution in [0, 0.1) is 0 Å². The van der Waals surface area contributed by atoms with Crippen LogP contribution in [0.15, 0.2) is 30.5 Å². The molecule has 0 saturated carbocycles. The first-order chi connectivity index (χ1) is 16.3. The quantitative estimate of drug-likeness (QED) is 0.676. The van der Waals surface area contributed by atoms with Gasteiger partial charge in [-0.05, 0) is 55.0 Å². The smallest absolute Gasteiger partial charge is 0.339 e. The SMILES string of the molecule is CCC1CCCC2CN(C(=O)CN3CCc4cc(-n5ccc(C(F)(F)F)n5)ccc4C3)CCN12. The van der Waals surface area contributed by atoms with E-state index in [1.54, 1.807) is 6.07 Å². The van der Waals surface area contributed by atoms with Crippen LogP contribution >= 0.6 is 0 Å². The number of fused-ring (bicyclic) bond motifs is 2. The summed E-state index contributed by atoms with van der Waals surface area (Å²) in [6.45, 7) is 6.74. The first-order valence-corrected chi connectivity index (χ1v) is 12.3. The van der Waals surface area contributed by atoms with Crippen molar-refractivity contribution in [2.45, 2.75) is 63.8 Å². The lowest BCUT2D eigenvalue weighted by Gasteiger charge is -2.48. The van der Waals surface area contributed by atoms with Crippen molar-refractivity contribution in [3.8, 4) is 5.69 Å². The molecule has 3 aliphatic heterocycles. The molecule has 1 amide bonds. The van der Waals surface area contributed by atoms with Gasteiger partial charge in [0.05, 0.1) is 12.2 Å². The number of alkyl halides is 3. The summed E-state index contributed by atoms with van der Waals surface area (Å²) in [5.74, 6) is 0.203. The van der Waals surface area contributed by atoms with Gasteiger partial charge in [0, 0.05) is 51.0 Å². The molecule has 9 heteroatoms. The van der Waals surface area contributed by atoms with Gasteiger partial charge in [0.15, 0.2) is 5.69 Å². The van der Waals surface area contributed by atoms with Crippen molar-refractivity contribution < 1.29 is 18.0 Å². The summed E-state index contributed by atoms with van der Waals surface area (Å²) < 4.78 is 39.9. The lowest BCUT2D eigenvalue weighted by Crippen LogP contribution is -2.60. The monoisotopic (exact) mass is 475 g/mol. The molecule has 1 aromatic heterocycles. The van der Waals surface area contributed by atoms with Crippen molar-refractivity contribution in [1.29, 1.82) is 0 Å². The fourth-order valence-electron chi connectivity index (χ4n) is 5.81. The van der Waals surface area contributed by atoms with Crippen molar-refractivity contribution in [2.75, 3.05) is 32.7 Å². The predicted molar refractivity (Wildman–Crippen MR) is 123 cm³/mol. The Bertz CT molecular complexity index is 1040. The van der Waals surface area contributed by atoms with E-state index in [0.717, 1.165) is 49.8 Å². The van der Waals surface area contributed by atoms with Crippen LogP contribution in [-0.2, 0) is 23.9 Å². The van der Waals surface area contributed by atoms with E-state index in [1.807, 2.05) is 17.0 Å². The number of piperazine rings is 1. The fraction of sp³-hybridized carbons (Fsp3) is 0.600. The third-order valence-corrected chi connectivity index (χ3v) is 7.68. The van der Waals surface area contributed by atoms with E-state index >= 15 is 0 Å². The van der Waals surface area contributed by atoms with Crippen LogP contribution in [0.5, 0.6) is 0 Å². The molecule has 2 saturated heterocycles. The van der Waals surface area contributed by atoms with Crippen LogP contribution in [0.25, 0.3) is 5.69 Å². The highest BCUT2D eigenvalue weighted by molar-refractivity contribution is 5.78. The number of piperidine rings is 1. The Kier molecular flexibility index (Phi) is 6.41. The molecule has 2 aromatic rings. The summed E-state index contributed by atoms with van der Waals surface area (Å²) in [4.78, 5) is 19.9. The predicted octanol–water partition coefficient (Wildman–Crippen LogP) is 3.72. The molecular formula is C25H32F3N5O. The molecule has 4 heterocycles. The van der Waals surface area contributed by atoms with Gasteiger partial charge >= 0.3 is 6.18 Å². The van der Waals surface area contributed by atoms with Gasteiger partial charge in [-0.2, -0.15) is 18.3 Å². The van der Waals surface area contributed by atoms with Gasteiger partial charge in [-0.25, -0.2) is 4.68 Å². The number of aromatic nitrogens is 2. The molecular weight excluding hydrogens is 443 g/mol. The Hall–Kier alpha value is -2.39. The normalized spacial score (nSPS) is 24.1. The number of carbonyl (C=O) groups is 1. The molecule has 0 bridgehead atoms. The van der Waals surface area contributed by atoms with Crippen LogP contribution in [0.1, 0.15) is 49.4 Å². The van der Waals surface area contributed by atoms with E-state index in [9.17, 15) is 18.0 Å². The Morgan fingerprint density at radius 3 is 2.74 bits per heavy atom. The highest BCUT2D eigenvalue weighted by atomic mass is 19.4. The fourth-order valence-corrected chi connectivity index (χ4v) is 5.81. The number of rotatable bonds is 4. The molecule has 0 radical (unpaired) electrons. The lowest BCUT2D eigenvalue weighted by atomic mass is 9.92. The van der Waals surface area contributed by atoms with E-state index in [2.05, 4.69) is 21.8 Å². The highest BCUT2D eigenvalue weighted by Gasteiger charge is 2.36. The maximum absolute atomic E-state index is 13.1. The lowest BCUT2D eigenvalue weighted by molar-refractivity contribution is -0.141. The van der Waals surface area contributed by atoms with Crippen molar-refractivity contribution >= 4 is 5.91 Å². The van der Waals surface area contributed by atoms with Gasteiger partial charge in [0.2, 0.25) is 5.91 Å². The largest absolute Gasteiger partial charge is 0.435 e. The zero-order chi connectivity index (χ0) is 23.9. The summed E-state index contributed by atoms with van der Waals surface area (Å²) in [6, 6.07) is 7.81. The molecule has 0 spiro atoms. The Morgan fingerprint density at radius 1 is 1.12 bits per heavy atom. The van der Waals surface area contributed by atoms with E-state index in [0.29, 0.717) is 30.9 Å². The van der Waals surface area contributed by atoms with Gasteiger partial charge in [-0.1, -0.05) is 19.4 Å². The number of hydrogen-bond donors (Lipinski definition) is 0. The van der Waals surface area contributed by atoms with Crippen LogP contribution < -0.4 is 0 Å². The zero-order valence-electron chi connectivity index (χ0n) is 19.6. The van der Waals surface area contributed by atoms with E-state index < -0.39 is 11.9 Å². The van der Waals surface area contributed by atoms with Crippen molar-refractivity contribution in [3.05, 3.63) is 47.3 Å². The summed E-state index contributed by atoms with van der Waals surface area (Å²) in [6.07, 6.45) is 2.55. The van der Waals surface area contributed by atoms with Gasteiger partial charge in [0.25, 0.3) is 0 Å². The molecule has 2 fully saturated rings. The molecule has 2 atom stereocenters. The molecule has 5 rings (SSSR count). The summed E-state index contributed by atoms with van der Waals surface area (Å²) >= 11 is 0. The van der Waals surface area contributed by atoms with Crippen molar-refractivity contribution in [1.82, 2.24) is 24.5 Å². The number of amides is 1. The minimum atomic E-state index is -4.45. The third-order valence-electron chi connectivity index (χ3n) is 7.68. The molecule has 2 unspecified atom stereocenters. The van der Waals surface area contributed by atoms with E-state index in [-0.39, 0.29) is 5.91 Å². The second-order valence-corrected chi connectivity index (χ2v) is 9.78.